The van der Waals surface area contributed by atoms with Crippen molar-refractivity contribution in [2.24, 2.45) is 5.92 Å². The molecule has 0 aromatic heterocycles. The second-order valence-corrected chi connectivity index (χ2v) is 9.50. The lowest BCUT2D eigenvalue weighted by molar-refractivity contribution is 0.275. The highest BCUT2D eigenvalue weighted by molar-refractivity contribution is 7.89. The molecule has 1 fully saturated rings. The molecule has 136 valence electrons. The van der Waals surface area contributed by atoms with Crippen LogP contribution >= 0.6 is 0 Å². The summed E-state index contributed by atoms with van der Waals surface area (Å²) in [6, 6.07) is 3.44. The normalized spacial score (nSPS) is 17.8. The highest BCUT2D eigenvalue weighted by Crippen LogP contribution is 2.22. The molecule has 1 heterocycles. The standard InChI is InChI=1S/C14H21FN2O5S2/c1-22-14-4-3-12(9-13(14)15)24(20,21)16-10-11-5-7-17(8-6-11)23(2,18)19/h3-4,9,11,16H,5-8,10H2,1-2H3. The second-order valence-electron chi connectivity index (χ2n) is 5.75. The second kappa shape index (κ2) is 7.34. The number of rotatable bonds is 6. The van der Waals surface area contributed by atoms with E-state index in [1.807, 2.05) is 0 Å². The van der Waals surface area contributed by atoms with Gasteiger partial charge >= 0.3 is 0 Å². The Kier molecular flexibility index (Phi) is 5.84. The van der Waals surface area contributed by atoms with Crippen LogP contribution in [0.15, 0.2) is 23.1 Å². The average Bonchev–Trinajstić information content (AvgIpc) is 2.52. The van der Waals surface area contributed by atoms with Crippen molar-refractivity contribution in [3.8, 4) is 5.75 Å². The number of nitrogens with one attached hydrogen (secondary N) is 1. The van der Waals surface area contributed by atoms with Gasteiger partial charge in [0.15, 0.2) is 11.6 Å². The van der Waals surface area contributed by atoms with Gasteiger partial charge in [-0.3, -0.25) is 0 Å². The fourth-order valence-corrected chi connectivity index (χ4v) is 4.57. The quantitative estimate of drug-likeness (QED) is 0.787. The van der Waals surface area contributed by atoms with Gasteiger partial charge in [0, 0.05) is 19.6 Å². The van der Waals surface area contributed by atoms with Gasteiger partial charge in [-0.1, -0.05) is 0 Å². The minimum atomic E-state index is -3.83. The molecule has 1 aliphatic heterocycles. The van der Waals surface area contributed by atoms with Gasteiger partial charge in [-0.25, -0.2) is 30.3 Å². The zero-order valence-corrected chi connectivity index (χ0v) is 15.2. The zero-order chi connectivity index (χ0) is 18.0. The Morgan fingerprint density at radius 3 is 2.38 bits per heavy atom. The summed E-state index contributed by atoms with van der Waals surface area (Å²) in [7, 11) is -5.73. The molecule has 0 radical (unpaired) electrons. The molecule has 0 saturated carbocycles. The first-order valence-electron chi connectivity index (χ1n) is 7.42. The summed E-state index contributed by atoms with van der Waals surface area (Å²) in [5.74, 6) is -0.732. The third kappa shape index (κ3) is 4.65. The summed E-state index contributed by atoms with van der Waals surface area (Å²) in [4.78, 5) is -0.172. The maximum atomic E-state index is 13.7. The molecule has 0 atom stereocenters. The Morgan fingerprint density at radius 1 is 1.25 bits per heavy atom. The molecule has 0 spiro atoms. The van der Waals surface area contributed by atoms with Crippen molar-refractivity contribution in [1.29, 1.82) is 0 Å². The number of benzene rings is 1. The van der Waals surface area contributed by atoms with Gasteiger partial charge in [0.1, 0.15) is 0 Å². The third-order valence-electron chi connectivity index (χ3n) is 4.04. The van der Waals surface area contributed by atoms with Crippen LogP contribution in [0.1, 0.15) is 12.8 Å². The van der Waals surface area contributed by atoms with Crippen molar-refractivity contribution in [1.82, 2.24) is 9.03 Å². The first-order chi connectivity index (χ1) is 11.1. The molecule has 1 aromatic carbocycles. The van der Waals surface area contributed by atoms with Gasteiger partial charge < -0.3 is 4.74 Å². The highest BCUT2D eigenvalue weighted by Gasteiger charge is 2.26. The number of methoxy groups -OCH3 is 1. The molecule has 7 nitrogen and oxygen atoms in total. The number of ether oxygens (including phenoxy) is 1. The molecule has 0 amide bonds. The maximum Gasteiger partial charge on any atom is 0.240 e. The van der Waals surface area contributed by atoms with Crippen molar-refractivity contribution in [2.45, 2.75) is 17.7 Å². The number of halogens is 1. The molecule has 1 saturated heterocycles. The van der Waals surface area contributed by atoms with Crippen molar-refractivity contribution < 1.29 is 26.0 Å². The third-order valence-corrected chi connectivity index (χ3v) is 6.76. The number of hydrogen-bond donors (Lipinski definition) is 1. The summed E-state index contributed by atoms with van der Waals surface area (Å²) in [5, 5.41) is 0. The molecular weight excluding hydrogens is 359 g/mol. The summed E-state index contributed by atoms with van der Waals surface area (Å²) in [6.45, 7) is 0.943. The highest BCUT2D eigenvalue weighted by atomic mass is 32.2. The van der Waals surface area contributed by atoms with E-state index in [-0.39, 0.29) is 23.1 Å². The van der Waals surface area contributed by atoms with Crippen LogP contribution in [0, 0.1) is 11.7 Å². The van der Waals surface area contributed by atoms with E-state index in [1.54, 1.807) is 0 Å². The predicted octanol–water partition coefficient (Wildman–Crippen LogP) is 0.784. The lowest BCUT2D eigenvalue weighted by Gasteiger charge is -2.30. The molecule has 1 N–H and O–H groups in total. The topological polar surface area (TPSA) is 92.8 Å². The van der Waals surface area contributed by atoms with Crippen LogP contribution in [0.3, 0.4) is 0 Å². The van der Waals surface area contributed by atoms with Crippen LogP contribution < -0.4 is 9.46 Å². The Balaban J connectivity index is 1.95. The van der Waals surface area contributed by atoms with E-state index < -0.39 is 25.9 Å². The maximum absolute atomic E-state index is 13.7. The largest absolute Gasteiger partial charge is 0.494 e. The average molecular weight is 380 g/mol. The van der Waals surface area contributed by atoms with Crippen molar-refractivity contribution in [2.75, 3.05) is 33.0 Å². The number of piperidine rings is 1. The fraction of sp³-hybridized carbons (Fsp3) is 0.571. The van der Waals surface area contributed by atoms with Crippen LogP contribution in [0.5, 0.6) is 5.75 Å². The first kappa shape index (κ1) is 19.1. The van der Waals surface area contributed by atoms with Crippen LogP contribution in [-0.2, 0) is 20.0 Å². The molecule has 10 heteroatoms. The molecule has 0 unspecified atom stereocenters. The van der Waals surface area contributed by atoms with Crippen LogP contribution in [0.4, 0.5) is 4.39 Å². The Hall–Kier alpha value is -1.23. The first-order valence-corrected chi connectivity index (χ1v) is 10.7. The lowest BCUT2D eigenvalue weighted by Crippen LogP contribution is -2.41. The van der Waals surface area contributed by atoms with E-state index in [0.29, 0.717) is 25.9 Å². The minimum Gasteiger partial charge on any atom is -0.494 e. The van der Waals surface area contributed by atoms with Crippen molar-refractivity contribution >= 4 is 20.0 Å². The van der Waals surface area contributed by atoms with E-state index in [1.165, 1.54) is 23.5 Å². The van der Waals surface area contributed by atoms with E-state index in [0.717, 1.165) is 12.3 Å². The number of hydrogen-bond acceptors (Lipinski definition) is 5. The SMILES string of the molecule is COc1ccc(S(=O)(=O)NCC2CCN(S(C)(=O)=O)CC2)cc1F. The number of nitrogens with zero attached hydrogens (tertiary/aromatic N) is 1. The monoisotopic (exact) mass is 380 g/mol. The Labute approximate surface area is 141 Å². The minimum absolute atomic E-state index is 0.0258. The molecule has 2 rings (SSSR count). The van der Waals surface area contributed by atoms with Gasteiger partial charge in [0.25, 0.3) is 0 Å². The van der Waals surface area contributed by atoms with Gasteiger partial charge in [-0.05, 0) is 37.0 Å². The van der Waals surface area contributed by atoms with Gasteiger partial charge in [0.05, 0.1) is 18.3 Å². The Morgan fingerprint density at radius 2 is 1.88 bits per heavy atom. The molecule has 1 aromatic rings. The van der Waals surface area contributed by atoms with Crippen LogP contribution in [0.25, 0.3) is 0 Å². The summed E-state index contributed by atoms with van der Waals surface area (Å²) in [6.07, 6.45) is 2.31. The molecule has 0 bridgehead atoms. The fourth-order valence-electron chi connectivity index (χ4n) is 2.57. The van der Waals surface area contributed by atoms with E-state index in [2.05, 4.69) is 4.72 Å². The van der Waals surface area contributed by atoms with Gasteiger partial charge in [-0.2, -0.15) is 0 Å². The van der Waals surface area contributed by atoms with Crippen LogP contribution in [0.2, 0.25) is 0 Å². The zero-order valence-electron chi connectivity index (χ0n) is 13.5. The summed E-state index contributed by atoms with van der Waals surface area (Å²) in [5.41, 5.74) is 0. The van der Waals surface area contributed by atoms with Gasteiger partial charge in [-0.15, -0.1) is 0 Å². The van der Waals surface area contributed by atoms with Crippen molar-refractivity contribution in [3.63, 3.8) is 0 Å². The van der Waals surface area contributed by atoms with E-state index in [9.17, 15) is 21.2 Å². The summed E-state index contributed by atoms with van der Waals surface area (Å²) >= 11 is 0. The molecule has 24 heavy (non-hydrogen) atoms. The molecule has 0 aliphatic carbocycles. The van der Waals surface area contributed by atoms with E-state index in [4.69, 9.17) is 4.74 Å². The van der Waals surface area contributed by atoms with Gasteiger partial charge in [0.2, 0.25) is 20.0 Å². The van der Waals surface area contributed by atoms with Crippen LogP contribution in [-0.4, -0.2) is 54.1 Å². The Bertz CT molecular complexity index is 787. The summed E-state index contributed by atoms with van der Waals surface area (Å²) < 4.78 is 69.6. The van der Waals surface area contributed by atoms with E-state index >= 15 is 0 Å². The molecular formula is C14H21FN2O5S2. The molecule has 1 aliphatic rings. The number of sulfonamides is 2. The predicted molar refractivity (Wildman–Crippen MR) is 87.3 cm³/mol. The smallest absolute Gasteiger partial charge is 0.240 e. The van der Waals surface area contributed by atoms with Crippen molar-refractivity contribution in [3.05, 3.63) is 24.0 Å². The lowest BCUT2D eigenvalue weighted by atomic mass is 9.99.